The first kappa shape index (κ1) is 15.2. The van der Waals surface area contributed by atoms with E-state index in [9.17, 15) is 5.26 Å². The van der Waals surface area contributed by atoms with Crippen LogP contribution < -0.4 is 9.47 Å². The van der Waals surface area contributed by atoms with Gasteiger partial charge in [-0.15, -0.1) is 11.8 Å². The van der Waals surface area contributed by atoms with E-state index in [-0.39, 0.29) is 0 Å². The quantitative estimate of drug-likeness (QED) is 0.656. The highest BCUT2D eigenvalue weighted by Crippen LogP contribution is 2.34. The summed E-state index contributed by atoms with van der Waals surface area (Å²) < 4.78 is 11.2. The molecule has 0 bridgehead atoms. The molecule has 0 fully saturated rings. The van der Waals surface area contributed by atoms with Gasteiger partial charge in [-0.2, -0.15) is 5.26 Å². The predicted octanol–water partition coefficient (Wildman–Crippen LogP) is 4.63. The van der Waals surface area contributed by atoms with Crippen molar-refractivity contribution in [3.8, 4) is 23.3 Å². The van der Waals surface area contributed by atoms with E-state index in [4.69, 9.17) is 9.47 Å². The fraction of sp³-hybridized carbons (Fsp3) is 0.111. The zero-order valence-corrected chi connectivity index (χ0v) is 13.6. The van der Waals surface area contributed by atoms with Gasteiger partial charge >= 0.3 is 0 Å². The largest absolute Gasteiger partial charge is 0.497 e. The Morgan fingerprint density at radius 1 is 1.09 bits per heavy atom. The van der Waals surface area contributed by atoms with Crippen LogP contribution in [0.15, 0.2) is 53.6 Å². The molecule has 2 aromatic carbocycles. The van der Waals surface area contributed by atoms with Crippen molar-refractivity contribution in [2.24, 2.45) is 0 Å². The van der Waals surface area contributed by atoms with Crippen molar-refractivity contribution in [2.45, 2.75) is 4.90 Å². The average Bonchev–Trinajstić information content (AvgIpc) is 2.62. The molecule has 114 valence electrons. The Labute approximate surface area is 138 Å². The number of benzene rings is 2. The molecule has 0 aliphatic heterocycles. The highest BCUT2D eigenvalue weighted by Gasteiger charge is 2.12. The number of hydrogen-bond acceptors (Lipinski definition) is 5. The molecule has 3 aromatic rings. The molecule has 3 rings (SSSR count). The first-order valence-corrected chi connectivity index (χ1v) is 8.16. The van der Waals surface area contributed by atoms with E-state index in [0.29, 0.717) is 22.8 Å². The summed E-state index contributed by atoms with van der Waals surface area (Å²) in [6, 6.07) is 15.4. The van der Waals surface area contributed by atoms with Crippen LogP contribution in [0.4, 0.5) is 0 Å². The minimum atomic E-state index is 0.389. The molecule has 0 atom stereocenters. The SMILES string of the molecule is COc1ccc2ncc(C#N)c(Oc3ccc(SC)cc3)c2c1. The van der Waals surface area contributed by atoms with Gasteiger partial charge < -0.3 is 9.47 Å². The third-order valence-electron chi connectivity index (χ3n) is 3.43. The van der Waals surface area contributed by atoms with Gasteiger partial charge in [0.25, 0.3) is 0 Å². The first-order chi connectivity index (χ1) is 11.2. The van der Waals surface area contributed by atoms with Crippen molar-refractivity contribution in [3.63, 3.8) is 0 Å². The molecule has 0 saturated carbocycles. The minimum absolute atomic E-state index is 0.389. The van der Waals surface area contributed by atoms with Crippen molar-refractivity contribution >= 4 is 22.7 Å². The Hall–Kier alpha value is -2.71. The van der Waals surface area contributed by atoms with E-state index in [1.54, 1.807) is 18.9 Å². The van der Waals surface area contributed by atoms with Gasteiger partial charge in [-0.1, -0.05) is 0 Å². The molecule has 0 radical (unpaired) electrons. The van der Waals surface area contributed by atoms with E-state index >= 15 is 0 Å². The molecule has 5 heteroatoms. The Bertz CT molecular complexity index is 886. The molecule has 0 aliphatic rings. The highest BCUT2D eigenvalue weighted by molar-refractivity contribution is 7.98. The second-order valence-corrected chi connectivity index (χ2v) is 5.65. The highest BCUT2D eigenvalue weighted by atomic mass is 32.2. The number of hydrogen-bond donors (Lipinski definition) is 0. The zero-order valence-electron chi connectivity index (χ0n) is 12.7. The molecule has 23 heavy (non-hydrogen) atoms. The number of ether oxygens (including phenoxy) is 2. The van der Waals surface area contributed by atoms with Gasteiger partial charge in [0.2, 0.25) is 0 Å². The summed E-state index contributed by atoms with van der Waals surface area (Å²) in [5.41, 5.74) is 1.14. The van der Waals surface area contributed by atoms with Crippen molar-refractivity contribution in [3.05, 3.63) is 54.2 Å². The van der Waals surface area contributed by atoms with E-state index < -0.39 is 0 Å². The summed E-state index contributed by atoms with van der Waals surface area (Å²) in [5.74, 6) is 1.86. The van der Waals surface area contributed by atoms with E-state index in [1.807, 2.05) is 48.7 Å². The maximum atomic E-state index is 9.36. The van der Waals surface area contributed by atoms with Crippen molar-refractivity contribution in [1.29, 1.82) is 5.26 Å². The number of fused-ring (bicyclic) bond motifs is 1. The van der Waals surface area contributed by atoms with Crippen LogP contribution >= 0.6 is 11.8 Å². The van der Waals surface area contributed by atoms with Gasteiger partial charge in [0.15, 0.2) is 5.75 Å². The van der Waals surface area contributed by atoms with Crippen LogP contribution in [0.2, 0.25) is 0 Å². The normalized spacial score (nSPS) is 10.3. The Balaban J connectivity index is 2.11. The first-order valence-electron chi connectivity index (χ1n) is 6.94. The molecule has 0 amide bonds. The molecule has 0 spiro atoms. The molecule has 1 aromatic heterocycles. The zero-order chi connectivity index (χ0) is 16.2. The number of rotatable bonds is 4. The summed E-state index contributed by atoms with van der Waals surface area (Å²) in [6.07, 6.45) is 3.55. The molecule has 1 heterocycles. The van der Waals surface area contributed by atoms with Crippen molar-refractivity contribution < 1.29 is 9.47 Å². The summed E-state index contributed by atoms with van der Waals surface area (Å²) >= 11 is 1.66. The van der Waals surface area contributed by atoms with Crippen LogP contribution in [0.3, 0.4) is 0 Å². The fourth-order valence-electron chi connectivity index (χ4n) is 2.23. The standard InChI is InChI=1S/C18H14N2O2S/c1-21-14-5-8-17-16(9-14)18(12(10-19)11-20-17)22-13-3-6-15(23-2)7-4-13/h3-9,11H,1-2H3. The number of aromatic nitrogens is 1. The van der Waals surface area contributed by atoms with E-state index in [1.165, 1.54) is 6.20 Å². The molecular weight excluding hydrogens is 308 g/mol. The lowest BCUT2D eigenvalue weighted by molar-refractivity contribution is 0.415. The topological polar surface area (TPSA) is 55.1 Å². The number of nitriles is 1. The number of thioether (sulfide) groups is 1. The van der Waals surface area contributed by atoms with Crippen molar-refractivity contribution in [2.75, 3.05) is 13.4 Å². The summed E-state index contributed by atoms with van der Waals surface area (Å²) in [7, 11) is 1.60. The van der Waals surface area contributed by atoms with Crippen LogP contribution in [0.5, 0.6) is 17.2 Å². The van der Waals surface area contributed by atoms with Crippen LogP contribution in [-0.4, -0.2) is 18.3 Å². The smallest absolute Gasteiger partial charge is 0.156 e. The maximum absolute atomic E-state index is 9.36. The Morgan fingerprint density at radius 2 is 1.83 bits per heavy atom. The molecule has 0 saturated heterocycles. The summed E-state index contributed by atoms with van der Waals surface area (Å²) in [5, 5.41) is 10.1. The van der Waals surface area contributed by atoms with Gasteiger partial charge in [-0.3, -0.25) is 4.98 Å². The third kappa shape index (κ3) is 3.08. The van der Waals surface area contributed by atoms with Gasteiger partial charge in [-0.25, -0.2) is 0 Å². The lowest BCUT2D eigenvalue weighted by Gasteiger charge is -2.11. The fourth-order valence-corrected chi connectivity index (χ4v) is 2.63. The maximum Gasteiger partial charge on any atom is 0.156 e. The van der Waals surface area contributed by atoms with Gasteiger partial charge in [0.05, 0.1) is 12.6 Å². The minimum Gasteiger partial charge on any atom is -0.497 e. The molecule has 0 unspecified atom stereocenters. The summed E-state index contributed by atoms with van der Waals surface area (Å²) in [6.45, 7) is 0. The second-order valence-electron chi connectivity index (χ2n) is 4.77. The Morgan fingerprint density at radius 3 is 2.48 bits per heavy atom. The van der Waals surface area contributed by atoms with E-state index in [2.05, 4.69) is 11.1 Å². The van der Waals surface area contributed by atoms with Crippen LogP contribution in [0.25, 0.3) is 10.9 Å². The number of methoxy groups -OCH3 is 1. The monoisotopic (exact) mass is 322 g/mol. The molecule has 0 aliphatic carbocycles. The second kappa shape index (κ2) is 6.59. The number of pyridine rings is 1. The van der Waals surface area contributed by atoms with Crippen LogP contribution in [0, 0.1) is 11.3 Å². The molecule has 0 N–H and O–H groups in total. The summed E-state index contributed by atoms with van der Waals surface area (Å²) in [4.78, 5) is 5.45. The van der Waals surface area contributed by atoms with Gasteiger partial charge in [0, 0.05) is 16.5 Å². The molecule has 4 nitrogen and oxygen atoms in total. The lowest BCUT2D eigenvalue weighted by Crippen LogP contribution is -1.93. The molecular formula is C18H14N2O2S. The van der Waals surface area contributed by atoms with Crippen LogP contribution in [-0.2, 0) is 0 Å². The number of nitrogens with zero attached hydrogens (tertiary/aromatic N) is 2. The predicted molar refractivity (Wildman–Crippen MR) is 91.3 cm³/mol. The van der Waals surface area contributed by atoms with Crippen LogP contribution in [0.1, 0.15) is 5.56 Å². The third-order valence-corrected chi connectivity index (χ3v) is 4.17. The van der Waals surface area contributed by atoms with E-state index in [0.717, 1.165) is 15.8 Å². The van der Waals surface area contributed by atoms with Gasteiger partial charge in [-0.05, 0) is 48.7 Å². The lowest BCUT2D eigenvalue weighted by atomic mass is 10.1. The average molecular weight is 322 g/mol. The van der Waals surface area contributed by atoms with Crippen molar-refractivity contribution in [1.82, 2.24) is 4.98 Å². The van der Waals surface area contributed by atoms with Gasteiger partial charge in [0.1, 0.15) is 23.1 Å². The Kier molecular flexibility index (Phi) is 4.35.